The third kappa shape index (κ3) is 1.39. The molecule has 1 fully saturated rings. The largest absolute Gasteiger partial charge is 0.481 e. The zero-order valence-corrected chi connectivity index (χ0v) is 6.77. The van der Waals surface area contributed by atoms with Gasteiger partial charge in [0.15, 0.2) is 5.41 Å². The monoisotopic (exact) mass is 197 g/mol. The highest BCUT2D eigenvalue weighted by atomic mass is 19.4. The molecule has 1 aliphatic carbocycles. The zero-order valence-electron chi connectivity index (χ0n) is 6.77. The van der Waals surface area contributed by atoms with Crippen molar-refractivity contribution in [3.8, 4) is 0 Å². The van der Waals surface area contributed by atoms with Gasteiger partial charge < -0.3 is 10.8 Å². The summed E-state index contributed by atoms with van der Waals surface area (Å²) in [5.41, 5.74) is 2.22. The van der Waals surface area contributed by atoms with E-state index < -0.39 is 30.0 Å². The quantitative estimate of drug-likeness (QED) is 0.709. The highest BCUT2D eigenvalue weighted by Gasteiger charge is 2.66. The molecule has 0 aromatic carbocycles. The van der Waals surface area contributed by atoms with Gasteiger partial charge in [-0.1, -0.05) is 0 Å². The van der Waals surface area contributed by atoms with Crippen LogP contribution in [-0.2, 0) is 4.79 Å². The minimum atomic E-state index is -4.76. The van der Waals surface area contributed by atoms with E-state index in [0.717, 1.165) is 0 Å². The molecule has 0 bridgehead atoms. The van der Waals surface area contributed by atoms with Crippen molar-refractivity contribution < 1.29 is 23.1 Å². The maximum Gasteiger partial charge on any atom is 0.406 e. The lowest BCUT2D eigenvalue weighted by Crippen LogP contribution is -2.52. The first-order valence-electron chi connectivity index (χ1n) is 3.86. The van der Waals surface area contributed by atoms with Gasteiger partial charge >= 0.3 is 12.1 Å². The highest BCUT2D eigenvalue weighted by molar-refractivity contribution is 5.77. The molecule has 0 aliphatic heterocycles. The summed E-state index contributed by atoms with van der Waals surface area (Å²) in [7, 11) is 0. The van der Waals surface area contributed by atoms with Crippen LogP contribution in [0, 0.1) is 11.3 Å². The summed E-state index contributed by atoms with van der Waals surface area (Å²) in [6.07, 6.45) is -4.17. The van der Waals surface area contributed by atoms with Gasteiger partial charge in [0.2, 0.25) is 0 Å². The normalized spacial score (nSPS) is 22.5. The zero-order chi connectivity index (χ0) is 10.3. The smallest absolute Gasteiger partial charge is 0.406 e. The molecule has 6 heteroatoms. The Morgan fingerprint density at radius 1 is 1.46 bits per heavy atom. The lowest BCUT2D eigenvalue weighted by atomic mass is 9.82. The molecule has 1 saturated carbocycles. The Kier molecular flexibility index (Phi) is 2.27. The lowest BCUT2D eigenvalue weighted by molar-refractivity contribution is -0.234. The standard InChI is InChI=1S/C7H10F3NO2/c8-7(9,10)6(3-11,5(12)13)4-1-2-4/h4H,1-3,11H2,(H,12,13). The van der Waals surface area contributed by atoms with Crippen LogP contribution in [-0.4, -0.2) is 23.8 Å². The summed E-state index contributed by atoms with van der Waals surface area (Å²) in [5, 5.41) is 8.57. The average molecular weight is 197 g/mol. The summed E-state index contributed by atoms with van der Waals surface area (Å²) in [6, 6.07) is 0. The average Bonchev–Trinajstić information content (AvgIpc) is 2.69. The summed E-state index contributed by atoms with van der Waals surface area (Å²) in [5.74, 6) is -2.69. The molecular formula is C7H10F3NO2. The fourth-order valence-electron chi connectivity index (χ4n) is 1.47. The minimum absolute atomic E-state index is 0.295. The van der Waals surface area contributed by atoms with Gasteiger partial charge in [0.1, 0.15) is 0 Å². The van der Waals surface area contributed by atoms with Gasteiger partial charge in [0, 0.05) is 6.54 Å². The van der Waals surface area contributed by atoms with Gasteiger partial charge in [-0.25, -0.2) is 0 Å². The van der Waals surface area contributed by atoms with Crippen molar-refractivity contribution in [3.63, 3.8) is 0 Å². The van der Waals surface area contributed by atoms with E-state index in [-0.39, 0.29) is 0 Å². The number of alkyl halides is 3. The molecule has 0 aromatic rings. The van der Waals surface area contributed by atoms with Crippen LogP contribution in [0.3, 0.4) is 0 Å². The van der Waals surface area contributed by atoms with Gasteiger partial charge in [-0.05, 0) is 18.8 Å². The molecule has 76 valence electrons. The third-order valence-corrected chi connectivity index (χ3v) is 2.48. The van der Waals surface area contributed by atoms with E-state index in [1.807, 2.05) is 0 Å². The number of hydrogen-bond acceptors (Lipinski definition) is 2. The topological polar surface area (TPSA) is 63.3 Å². The Morgan fingerprint density at radius 3 is 2.00 bits per heavy atom. The van der Waals surface area contributed by atoms with Crippen LogP contribution in [0.5, 0.6) is 0 Å². The molecule has 1 unspecified atom stereocenters. The Balaban J connectivity index is 3.03. The fourth-order valence-corrected chi connectivity index (χ4v) is 1.47. The van der Waals surface area contributed by atoms with Crippen molar-refractivity contribution in [1.82, 2.24) is 0 Å². The first-order valence-corrected chi connectivity index (χ1v) is 3.86. The van der Waals surface area contributed by atoms with E-state index in [1.54, 1.807) is 0 Å². The van der Waals surface area contributed by atoms with Crippen LogP contribution < -0.4 is 5.73 Å². The number of nitrogens with two attached hydrogens (primary N) is 1. The molecule has 3 N–H and O–H groups in total. The van der Waals surface area contributed by atoms with E-state index in [9.17, 15) is 18.0 Å². The molecule has 0 amide bonds. The van der Waals surface area contributed by atoms with Crippen LogP contribution >= 0.6 is 0 Å². The fraction of sp³-hybridized carbons (Fsp3) is 0.857. The molecule has 0 spiro atoms. The lowest BCUT2D eigenvalue weighted by Gasteiger charge is -2.30. The number of halogens is 3. The summed E-state index contributed by atoms with van der Waals surface area (Å²) < 4.78 is 37.4. The van der Waals surface area contributed by atoms with Crippen molar-refractivity contribution in [3.05, 3.63) is 0 Å². The number of carbonyl (C=O) groups is 1. The van der Waals surface area contributed by atoms with Crippen molar-refractivity contribution >= 4 is 5.97 Å². The third-order valence-electron chi connectivity index (χ3n) is 2.48. The van der Waals surface area contributed by atoms with Crippen molar-refractivity contribution in [2.75, 3.05) is 6.54 Å². The van der Waals surface area contributed by atoms with E-state index in [0.29, 0.717) is 12.8 Å². The SMILES string of the molecule is NCC(C(=O)O)(C1CC1)C(F)(F)F. The van der Waals surface area contributed by atoms with Crippen molar-refractivity contribution in [2.45, 2.75) is 19.0 Å². The molecule has 0 radical (unpaired) electrons. The van der Waals surface area contributed by atoms with E-state index >= 15 is 0 Å². The van der Waals surface area contributed by atoms with Gasteiger partial charge in [-0.2, -0.15) is 13.2 Å². The van der Waals surface area contributed by atoms with Crippen LogP contribution in [0.4, 0.5) is 13.2 Å². The van der Waals surface area contributed by atoms with Crippen LogP contribution in [0.15, 0.2) is 0 Å². The van der Waals surface area contributed by atoms with Gasteiger partial charge in [-0.3, -0.25) is 4.79 Å². The maximum absolute atomic E-state index is 12.5. The Bertz CT molecular complexity index is 224. The second kappa shape index (κ2) is 2.87. The Hall–Kier alpha value is -0.780. The van der Waals surface area contributed by atoms with Gasteiger partial charge in [0.25, 0.3) is 0 Å². The van der Waals surface area contributed by atoms with E-state index in [2.05, 4.69) is 0 Å². The van der Waals surface area contributed by atoms with Gasteiger partial charge in [0.05, 0.1) is 0 Å². The number of rotatable bonds is 3. The van der Waals surface area contributed by atoms with E-state index in [4.69, 9.17) is 10.8 Å². The Morgan fingerprint density at radius 2 is 1.92 bits per heavy atom. The van der Waals surface area contributed by atoms with Crippen LogP contribution in [0.2, 0.25) is 0 Å². The van der Waals surface area contributed by atoms with Gasteiger partial charge in [-0.15, -0.1) is 0 Å². The number of carboxylic acid groups (broad SMARTS) is 1. The summed E-state index contributed by atoms with van der Waals surface area (Å²) in [4.78, 5) is 10.6. The molecular weight excluding hydrogens is 187 g/mol. The van der Waals surface area contributed by atoms with Crippen molar-refractivity contribution in [2.24, 2.45) is 17.1 Å². The summed E-state index contributed by atoms with van der Waals surface area (Å²) in [6.45, 7) is -0.878. The molecule has 3 nitrogen and oxygen atoms in total. The number of hydrogen-bond donors (Lipinski definition) is 2. The summed E-state index contributed by atoms with van der Waals surface area (Å²) >= 11 is 0. The molecule has 0 aromatic heterocycles. The van der Waals surface area contributed by atoms with Crippen molar-refractivity contribution in [1.29, 1.82) is 0 Å². The molecule has 1 atom stereocenters. The van der Waals surface area contributed by atoms with E-state index in [1.165, 1.54) is 0 Å². The molecule has 0 saturated heterocycles. The number of aliphatic carboxylic acids is 1. The second-order valence-electron chi connectivity index (χ2n) is 3.25. The predicted molar refractivity (Wildman–Crippen MR) is 37.9 cm³/mol. The molecule has 13 heavy (non-hydrogen) atoms. The first kappa shape index (κ1) is 10.3. The highest BCUT2D eigenvalue weighted by Crippen LogP contribution is 2.54. The minimum Gasteiger partial charge on any atom is -0.481 e. The molecule has 0 heterocycles. The number of carboxylic acids is 1. The van der Waals surface area contributed by atoms with Crippen LogP contribution in [0.1, 0.15) is 12.8 Å². The molecule has 1 rings (SSSR count). The first-order chi connectivity index (χ1) is 5.86. The van der Waals surface area contributed by atoms with Crippen LogP contribution in [0.25, 0.3) is 0 Å². The second-order valence-corrected chi connectivity index (χ2v) is 3.25. The Labute approximate surface area is 72.7 Å². The molecule has 1 aliphatic rings. The maximum atomic E-state index is 12.5. The predicted octanol–water partition coefficient (Wildman–Crippen LogP) is 0.988.